The Morgan fingerprint density at radius 2 is 2.29 bits per heavy atom. The molecule has 1 nitrogen and oxygen atoms in total. The first kappa shape index (κ1) is 12.6. The van der Waals surface area contributed by atoms with Gasteiger partial charge in [0.1, 0.15) is 5.82 Å². The molecule has 2 heteroatoms. The second-order valence-corrected chi connectivity index (χ2v) is 5.39. The maximum atomic E-state index is 13.2. The zero-order valence-electron chi connectivity index (χ0n) is 10.6. The SMILES string of the molecule is CC[C@@]1(C(C)O)CC[C@@H](c2cccc(F)c2)C1. The number of halogens is 1. The Balaban J connectivity index is 2.17. The van der Waals surface area contributed by atoms with Gasteiger partial charge in [-0.2, -0.15) is 0 Å². The number of aliphatic hydroxyl groups is 1. The van der Waals surface area contributed by atoms with E-state index in [1.165, 1.54) is 6.07 Å². The third kappa shape index (κ3) is 2.37. The standard InChI is InChI=1S/C15H21FO/c1-3-15(11(2)17)8-7-13(10-15)12-5-4-6-14(16)9-12/h4-6,9,11,13,17H,3,7-8,10H2,1-2H3/t11?,13-,15-/m1/s1. The Hall–Kier alpha value is -0.890. The topological polar surface area (TPSA) is 20.2 Å². The summed E-state index contributed by atoms with van der Waals surface area (Å²) in [5, 5.41) is 9.95. The van der Waals surface area contributed by atoms with Crippen molar-refractivity contribution in [2.45, 2.75) is 51.6 Å². The van der Waals surface area contributed by atoms with Crippen LogP contribution < -0.4 is 0 Å². The van der Waals surface area contributed by atoms with E-state index in [-0.39, 0.29) is 17.3 Å². The molecular formula is C15H21FO. The van der Waals surface area contributed by atoms with Gasteiger partial charge in [0.15, 0.2) is 0 Å². The van der Waals surface area contributed by atoms with Crippen LogP contribution in [0.2, 0.25) is 0 Å². The van der Waals surface area contributed by atoms with Crippen LogP contribution in [0.4, 0.5) is 4.39 Å². The summed E-state index contributed by atoms with van der Waals surface area (Å²) in [6.45, 7) is 4.03. The highest BCUT2D eigenvalue weighted by atomic mass is 19.1. The molecule has 1 unspecified atom stereocenters. The van der Waals surface area contributed by atoms with E-state index in [0.717, 1.165) is 31.2 Å². The second-order valence-electron chi connectivity index (χ2n) is 5.39. The van der Waals surface area contributed by atoms with Crippen LogP contribution in [0.3, 0.4) is 0 Å². The molecule has 17 heavy (non-hydrogen) atoms. The fourth-order valence-electron chi connectivity index (χ4n) is 3.20. The van der Waals surface area contributed by atoms with Crippen LogP contribution in [-0.2, 0) is 0 Å². The van der Waals surface area contributed by atoms with Gasteiger partial charge in [0.2, 0.25) is 0 Å². The number of rotatable bonds is 3. The van der Waals surface area contributed by atoms with E-state index in [9.17, 15) is 9.50 Å². The maximum absolute atomic E-state index is 13.2. The van der Waals surface area contributed by atoms with Gasteiger partial charge in [-0.1, -0.05) is 19.1 Å². The van der Waals surface area contributed by atoms with Crippen molar-refractivity contribution in [3.05, 3.63) is 35.6 Å². The highest BCUT2D eigenvalue weighted by Crippen LogP contribution is 2.50. The molecule has 0 radical (unpaired) electrons. The molecular weight excluding hydrogens is 215 g/mol. The predicted octanol–water partition coefficient (Wildman–Crippen LogP) is 3.87. The molecule has 94 valence electrons. The minimum atomic E-state index is -0.272. The van der Waals surface area contributed by atoms with Gasteiger partial charge in [0, 0.05) is 0 Å². The molecule has 0 heterocycles. The van der Waals surface area contributed by atoms with Gasteiger partial charge in [-0.3, -0.25) is 0 Å². The summed E-state index contributed by atoms with van der Waals surface area (Å²) in [6.07, 6.45) is 3.80. The van der Waals surface area contributed by atoms with Crippen LogP contribution in [0.15, 0.2) is 24.3 Å². The third-order valence-corrected chi connectivity index (χ3v) is 4.55. The van der Waals surface area contributed by atoms with Crippen LogP contribution in [0, 0.1) is 11.2 Å². The lowest BCUT2D eigenvalue weighted by Crippen LogP contribution is -2.29. The van der Waals surface area contributed by atoms with Gasteiger partial charge in [-0.15, -0.1) is 0 Å². The fourth-order valence-corrected chi connectivity index (χ4v) is 3.20. The van der Waals surface area contributed by atoms with Crippen LogP contribution >= 0.6 is 0 Å². The zero-order chi connectivity index (χ0) is 12.5. The van der Waals surface area contributed by atoms with Crippen molar-refractivity contribution in [1.82, 2.24) is 0 Å². The van der Waals surface area contributed by atoms with E-state index >= 15 is 0 Å². The average molecular weight is 236 g/mol. The number of aliphatic hydroxyl groups excluding tert-OH is 1. The quantitative estimate of drug-likeness (QED) is 0.844. The van der Waals surface area contributed by atoms with Crippen molar-refractivity contribution < 1.29 is 9.50 Å². The monoisotopic (exact) mass is 236 g/mol. The lowest BCUT2D eigenvalue weighted by Gasteiger charge is -2.31. The van der Waals surface area contributed by atoms with Gasteiger partial charge in [-0.05, 0) is 61.6 Å². The molecule has 0 amide bonds. The highest BCUT2D eigenvalue weighted by Gasteiger charge is 2.41. The van der Waals surface area contributed by atoms with Gasteiger partial charge in [-0.25, -0.2) is 4.39 Å². The largest absolute Gasteiger partial charge is 0.393 e. The molecule has 1 N–H and O–H groups in total. The smallest absolute Gasteiger partial charge is 0.123 e. The summed E-state index contributed by atoms with van der Waals surface area (Å²) in [5.74, 6) is 0.244. The molecule has 0 bridgehead atoms. The molecule has 3 atom stereocenters. The highest BCUT2D eigenvalue weighted by molar-refractivity contribution is 5.22. The Morgan fingerprint density at radius 1 is 1.53 bits per heavy atom. The number of hydrogen-bond donors (Lipinski definition) is 1. The lowest BCUT2D eigenvalue weighted by atomic mass is 9.77. The second kappa shape index (κ2) is 4.77. The Morgan fingerprint density at radius 3 is 2.82 bits per heavy atom. The van der Waals surface area contributed by atoms with Gasteiger partial charge >= 0.3 is 0 Å². The van der Waals surface area contributed by atoms with E-state index in [1.54, 1.807) is 12.1 Å². The van der Waals surface area contributed by atoms with Crippen molar-refractivity contribution in [3.63, 3.8) is 0 Å². The number of benzene rings is 1. The molecule has 1 aliphatic rings. The molecule has 1 aliphatic carbocycles. The van der Waals surface area contributed by atoms with Crippen LogP contribution in [0.1, 0.15) is 51.0 Å². The molecule has 1 saturated carbocycles. The summed E-state index contributed by atoms with van der Waals surface area (Å²) >= 11 is 0. The van der Waals surface area contributed by atoms with E-state index in [2.05, 4.69) is 6.92 Å². The van der Waals surface area contributed by atoms with Crippen LogP contribution in [0.25, 0.3) is 0 Å². The molecule has 0 saturated heterocycles. The Labute approximate surface area is 103 Å². The molecule has 1 aromatic carbocycles. The van der Waals surface area contributed by atoms with Crippen molar-refractivity contribution in [1.29, 1.82) is 0 Å². The molecule has 2 rings (SSSR count). The van der Waals surface area contributed by atoms with E-state index in [1.807, 2.05) is 13.0 Å². The van der Waals surface area contributed by atoms with Crippen LogP contribution in [0.5, 0.6) is 0 Å². The number of hydrogen-bond acceptors (Lipinski definition) is 1. The predicted molar refractivity (Wildman–Crippen MR) is 67.4 cm³/mol. The Kier molecular flexibility index (Phi) is 3.53. The molecule has 1 aromatic rings. The lowest BCUT2D eigenvalue weighted by molar-refractivity contribution is 0.0390. The zero-order valence-corrected chi connectivity index (χ0v) is 10.6. The van der Waals surface area contributed by atoms with Gasteiger partial charge < -0.3 is 5.11 Å². The van der Waals surface area contributed by atoms with Gasteiger partial charge in [0.05, 0.1) is 6.10 Å². The minimum absolute atomic E-state index is 0.0387. The first-order valence-corrected chi connectivity index (χ1v) is 6.51. The minimum Gasteiger partial charge on any atom is -0.393 e. The normalized spacial score (nSPS) is 30.5. The maximum Gasteiger partial charge on any atom is 0.123 e. The van der Waals surface area contributed by atoms with Crippen molar-refractivity contribution >= 4 is 0 Å². The summed E-state index contributed by atoms with van der Waals surface area (Å²) < 4.78 is 13.2. The first-order chi connectivity index (χ1) is 8.07. The molecule has 0 aromatic heterocycles. The van der Waals surface area contributed by atoms with Gasteiger partial charge in [0.25, 0.3) is 0 Å². The average Bonchev–Trinajstić information content (AvgIpc) is 2.74. The summed E-state index contributed by atoms with van der Waals surface area (Å²) in [7, 11) is 0. The van der Waals surface area contributed by atoms with E-state index in [4.69, 9.17) is 0 Å². The molecule has 1 fully saturated rings. The third-order valence-electron chi connectivity index (χ3n) is 4.55. The molecule has 0 spiro atoms. The first-order valence-electron chi connectivity index (χ1n) is 6.51. The summed E-state index contributed by atoms with van der Waals surface area (Å²) in [6, 6.07) is 6.90. The van der Waals surface area contributed by atoms with Crippen LogP contribution in [-0.4, -0.2) is 11.2 Å². The fraction of sp³-hybridized carbons (Fsp3) is 0.600. The summed E-state index contributed by atoms with van der Waals surface area (Å²) in [5.41, 5.74) is 1.12. The van der Waals surface area contributed by atoms with E-state index < -0.39 is 0 Å². The van der Waals surface area contributed by atoms with Crippen molar-refractivity contribution in [3.8, 4) is 0 Å². The van der Waals surface area contributed by atoms with Crippen molar-refractivity contribution in [2.24, 2.45) is 5.41 Å². The Bertz CT molecular complexity index is 388. The summed E-state index contributed by atoms with van der Waals surface area (Å²) in [4.78, 5) is 0. The molecule has 0 aliphatic heterocycles. The van der Waals surface area contributed by atoms with E-state index in [0.29, 0.717) is 5.92 Å². The van der Waals surface area contributed by atoms with Crippen molar-refractivity contribution in [2.75, 3.05) is 0 Å².